The summed E-state index contributed by atoms with van der Waals surface area (Å²) in [6.07, 6.45) is 9.41. The highest BCUT2D eigenvalue weighted by Gasteiger charge is 2.33. The number of hydrogen-bond acceptors (Lipinski definition) is 6. The van der Waals surface area contributed by atoms with Gasteiger partial charge < -0.3 is 14.5 Å². The number of carboxylic acid groups (broad SMARTS) is 1. The molecule has 35 heavy (non-hydrogen) atoms. The fourth-order valence-electron chi connectivity index (χ4n) is 5.47. The fraction of sp³-hybridized carbons (Fsp3) is 0.429. The predicted octanol–water partition coefficient (Wildman–Crippen LogP) is 5.93. The van der Waals surface area contributed by atoms with E-state index >= 15 is 0 Å². The number of hydrogen-bond donors (Lipinski definition) is 1. The highest BCUT2D eigenvalue weighted by molar-refractivity contribution is 6.01. The van der Waals surface area contributed by atoms with Gasteiger partial charge in [0.2, 0.25) is 11.7 Å². The molecule has 0 saturated heterocycles. The van der Waals surface area contributed by atoms with Crippen molar-refractivity contribution in [2.24, 2.45) is 5.16 Å². The number of carboxylic acids is 1. The Bertz CT molecular complexity index is 1160. The van der Waals surface area contributed by atoms with Crippen molar-refractivity contribution in [2.45, 2.75) is 75.7 Å². The van der Waals surface area contributed by atoms with Gasteiger partial charge in [-0.3, -0.25) is 4.79 Å². The Hall–Kier alpha value is -3.48. The molecule has 5 rings (SSSR count). The van der Waals surface area contributed by atoms with E-state index < -0.39 is 12.1 Å². The molecule has 0 bridgehead atoms. The van der Waals surface area contributed by atoms with Gasteiger partial charge >= 0.3 is 5.97 Å². The summed E-state index contributed by atoms with van der Waals surface area (Å²) >= 11 is 0. The molecule has 1 aromatic heterocycles. The van der Waals surface area contributed by atoms with Crippen LogP contribution in [0.1, 0.15) is 74.8 Å². The van der Waals surface area contributed by atoms with E-state index in [0.29, 0.717) is 18.1 Å². The Morgan fingerprint density at radius 2 is 1.74 bits per heavy atom. The first-order valence-corrected chi connectivity index (χ1v) is 12.5. The summed E-state index contributed by atoms with van der Waals surface area (Å²) in [5.74, 6) is 0.368. The van der Waals surface area contributed by atoms with Crippen LogP contribution in [0.4, 0.5) is 0 Å². The maximum atomic E-state index is 10.9. The van der Waals surface area contributed by atoms with Gasteiger partial charge in [-0.2, -0.15) is 4.98 Å². The average molecular weight is 474 g/mol. The number of nitrogens with zero attached hydrogens (tertiary/aromatic N) is 3. The maximum absolute atomic E-state index is 10.9. The summed E-state index contributed by atoms with van der Waals surface area (Å²) < 4.78 is 5.57. The average Bonchev–Trinajstić information content (AvgIpc) is 3.55. The highest BCUT2D eigenvalue weighted by atomic mass is 16.6. The summed E-state index contributed by atoms with van der Waals surface area (Å²) in [4.78, 5) is 20.7. The molecule has 1 atom stereocenters. The molecule has 0 radical (unpaired) electrons. The Balaban J connectivity index is 1.18. The van der Waals surface area contributed by atoms with Crippen molar-refractivity contribution < 1.29 is 19.3 Å². The normalized spacial score (nSPS) is 19.2. The molecule has 0 spiro atoms. The van der Waals surface area contributed by atoms with Gasteiger partial charge in [0.1, 0.15) is 6.10 Å². The van der Waals surface area contributed by atoms with Crippen LogP contribution in [0.15, 0.2) is 64.3 Å². The van der Waals surface area contributed by atoms with Crippen LogP contribution in [0.2, 0.25) is 0 Å². The first kappa shape index (κ1) is 23.3. The Morgan fingerprint density at radius 3 is 2.49 bits per heavy atom. The molecule has 2 aromatic carbocycles. The van der Waals surface area contributed by atoms with E-state index in [-0.39, 0.29) is 11.8 Å². The van der Waals surface area contributed by atoms with Crippen molar-refractivity contribution in [3.8, 4) is 11.4 Å². The summed E-state index contributed by atoms with van der Waals surface area (Å²) in [6.45, 7) is 0. The van der Waals surface area contributed by atoms with Gasteiger partial charge in [0.05, 0.1) is 12.1 Å². The molecule has 1 unspecified atom stereocenters. The minimum atomic E-state index is -0.885. The minimum absolute atomic E-state index is 0.0524. The molecule has 1 aliphatic heterocycles. The van der Waals surface area contributed by atoms with Crippen LogP contribution in [0.3, 0.4) is 0 Å². The molecule has 3 aromatic rings. The van der Waals surface area contributed by atoms with E-state index in [1.807, 2.05) is 24.3 Å². The minimum Gasteiger partial charge on any atom is -0.481 e. The maximum Gasteiger partial charge on any atom is 0.307 e. The second kappa shape index (κ2) is 10.4. The van der Waals surface area contributed by atoms with Crippen LogP contribution < -0.4 is 0 Å². The van der Waals surface area contributed by atoms with E-state index in [1.165, 1.54) is 37.7 Å². The molecule has 182 valence electrons. The lowest BCUT2D eigenvalue weighted by Crippen LogP contribution is -2.29. The van der Waals surface area contributed by atoms with E-state index in [0.717, 1.165) is 36.1 Å². The van der Waals surface area contributed by atoms with Crippen molar-refractivity contribution in [3.05, 3.63) is 71.6 Å². The first-order chi connectivity index (χ1) is 17.1. The third-order valence-corrected chi connectivity index (χ3v) is 7.32. The van der Waals surface area contributed by atoms with Crippen molar-refractivity contribution in [2.75, 3.05) is 0 Å². The molecule has 2 aliphatic rings. The molecule has 7 nitrogen and oxygen atoms in total. The summed E-state index contributed by atoms with van der Waals surface area (Å²) in [5.41, 5.74) is 4.28. The van der Waals surface area contributed by atoms with Crippen molar-refractivity contribution in [3.63, 3.8) is 0 Å². The van der Waals surface area contributed by atoms with Crippen LogP contribution in [0.25, 0.3) is 11.4 Å². The Morgan fingerprint density at radius 1 is 1.00 bits per heavy atom. The van der Waals surface area contributed by atoms with Crippen LogP contribution in [-0.2, 0) is 21.5 Å². The molecular formula is C28H31N3O4. The lowest BCUT2D eigenvalue weighted by molar-refractivity contribution is -0.139. The third kappa shape index (κ3) is 5.45. The molecule has 1 saturated carbocycles. The summed E-state index contributed by atoms with van der Waals surface area (Å²) in [7, 11) is 0. The van der Waals surface area contributed by atoms with Crippen molar-refractivity contribution in [1.29, 1.82) is 0 Å². The second-order valence-electron chi connectivity index (χ2n) is 9.72. The zero-order valence-corrected chi connectivity index (χ0v) is 19.9. The Kier molecular flexibility index (Phi) is 6.93. The van der Waals surface area contributed by atoms with E-state index in [1.54, 1.807) is 0 Å². The lowest BCUT2D eigenvalue weighted by Gasteiger charge is -2.38. The topological polar surface area (TPSA) is 97.8 Å². The van der Waals surface area contributed by atoms with Gasteiger partial charge in [-0.25, -0.2) is 0 Å². The molecule has 1 N–H and O–H groups in total. The second-order valence-corrected chi connectivity index (χ2v) is 9.72. The molecule has 1 fully saturated rings. The van der Waals surface area contributed by atoms with Gasteiger partial charge in [-0.1, -0.05) is 84.2 Å². The first-order valence-electron chi connectivity index (χ1n) is 12.5. The monoisotopic (exact) mass is 473 g/mol. The number of aromatic nitrogens is 2. The van der Waals surface area contributed by atoms with Gasteiger partial charge in [0.25, 0.3) is 0 Å². The van der Waals surface area contributed by atoms with Crippen molar-refractivity contribution in [1.82, 2.24) is 10.1 Å². The lowest BCUT2D eigenvalue weighted by atomic mass is 9.67. The van der Waals surface area contributed by atoms with Crippen molar-refractivity contribution >= 4 is 11.7 Å². The van der Waals surface area contributed by atoms with Gasteiger partial charge in [-0.15, -0.1) is 0 Å². The van der Waals surface area contributed by atoms with Gasteiger partial charge in [-0.05, 0) is 42.2 Å². The number of carbonyl (C=O) groups is 1. The number of oxime groups is 1. The molecular weight excluding hydrogens is 442 g/mol. The van der Waals surface area contributed by atoms with Gasteiger partial charge in [0, 0.05) is 18.4 Å². The quantitative estimate of drug-likeness (QED) is 0.414. The third-order valence-electron chi connectivity index (χ3n) is 7.32. The molecule has 0 amide bonds. The molecule has 7 heteroatoms. The zero-order chi connectivity index (χ0) is 24.1. The molecule has 1 aliphatic carbocycles. The standard InChI is InChI=1S/C28H31N3O4/c32-26(33)19-23-18-24(30-34-23)20-11-13-21(14-12-20)27-29-25(35-31-27)10-7-17-28(15-5-2-6-16-28)22-8-3-1-4-9-22/h1,3-4,8-9,11-14,23H,2,5-7,10,15-19H2,(H,32,33). The van der Waals surface area contributed by atoms with Crippen LogP contribution >= 0.6 is 0 Å². The molecule has 2 heterocycles. The highest BCUT2D eigenvalue weighted by Crippen LogP contribution is 2.43. The zero-order valence-electron chi connectivity index (χ0n) is 19.9. The number of aliphatic carboxylic acids is 1. The summed E-state index contributed by atoms with van der Waals surface area (Å²) in [5, 5.41) is 17.2. The summed E-state index contributed by atoms with van der Waals surface area (Å²) in [6, 6.07) is 18.7. The Labute approximate surface area is 205 Å². The van der Waals surface area contributed by atoms with E-state index in [2.05, 4.69) is 45.6 Å². The van der Waals surface area contributed by atoms with Crippen LogP contribution in [0.5, 0.6) is 0 Å². The predicted molar refractivity (Wildman–Crippen MR) is 132 cm³/mol. The van der Waals surface area contributed by atoms with E-state index in [9.17, 15) is 4.79 Å². The van der Waals surface area contributed by atoms with Crippen LogP contribution in [0, 0.1) is 0 Å². The number of benzene rings is 2. The van der Waals surface area contributed by atoms with E-state index in [4.69, 9.17) is 14.5 Å². The van der Waals surface area contributed by atoms with Crippen LogP contribution in [-0.4, -0.2) is 33.0 Å². The fourth-order valence-corrected chi connectivity index (χ4v) is 5.47. The largest absolute Gasteiger partial charge is 0.481 e. The van der Waals surface area contributed by atoms with Gasteiger partial charge in [0.15, 0.2) is 0 Å². The number of rotatable bonds is 9. The number of aryl methyl sites for hydroxylation is 1. The SMILES string of the molecule is O=C(O)CC1CC(c2ccc(-c3noc(CCCC4(c5ccccc5)CCCCC4)n3)cc2)=NO1. The smallest absolute Gasteiger partial charge is 0.307 e.